The van der Waals surface area contributed by atoms with Gasteiger partial charge in [-0.1, -0.05) is 45.7 Å². The van der Waals surface area contributed by atoms with Gasteiger partial charge in [-0.3, -0.25) is 9.59 Å². The maximum absolute atomic E-state index is 12.6. The Morgan fingerprint density at radius 1 is 0.824 bits per heavy atom. The van der Waals surface area contributed by atoms with E-state index in [4.69, 9.17) is 0 Å². The maximum atomic E-state index is 12.6. The molecule has 0 aromatic heterocycles. The summed E-state index contributed by atoms with van der Waals surface area (Å²) in [5.74, 6) is -2.79. The molecular formula is C24H24Br2N2O6. The minimum atomic E-state index is -1.14. The lowest BCUT2D eigenvalue weighted by Crippen LogP contribution is -2.47. The van der Waals surface area contributed by atoms with Crippen molar-refractivity contribution in [3.8, 4) is 0 Å². The first-order valence-corrected chi connectivity index (χ1v) is 12.1. The maximum Gasteiger partial charge on any atom is 0.337 e. The van der Waals surface area contributed by atoms with Crippen LogP contribution in [0.2, 0.25) is 0 Å². The first kappa shape index (κ1) is 25.9. The van der Waals surface area contributed by atoms with Gasteiger partial charge < -0.3 is 20.8 Å². The van der Waals surface area contributed by atoms with E-state index in [1.807, 2.05) is 13.8 Å². The number of hydrogen-bond donors (Lipinski definition) is 4. The second kappa shape index (κ2) is 10.3. The molecule has 3 rings (SSSR count). The van der Waals surface area contributed by atoms with Crippen LogP contribution < -0.4 is 10.6 Å². The van der Waals surface area contributed by atoms with Crippen LogP contribution in [0.4, 0.5) is 11.4 Å². The summed E-state index contributed by atoms with van der Waals surface area (Å²) in [7, 11) is 0. The van der Waals surface area contributed by atoms with Crippen molar-refractivity contribution in [2.24, 2.45) is 17.3 Å². The summed E-state index contributed by atoms with van der Waals surface area (Å²) in [6.45, 7) is 3.99. The van der Waals surface area contributed by atoms with Crippen LogP contribution in [0.25, 0.3) is 0 Å². The van der Waals surface area contributed by atoms with E-state index >= 15 is 0 Å². The number of hydrogen-bond acceptors (Lipinski definition) is 4. The third-order valence-corrected chi connectivity index (χ3v) is 7.50. The Kier molecular flexibility index (Phi) is 7.82. The Hall–Kier alpha value is -2.72. The predicted octanol–water partition coefficient (Wildman–Crippen LogP) is 5.63. The summed E-state index contributed by atoms with van der Waals surface area (Å²) < 4.78 is 1.20. The SMILES string of the molecule is CC1(C)C(CC(=O)Nc2ccc(Br)cc2C(=O)O)CC1CC(=O)Nc1ccc(Br)cc1C(=O)O. The fraction of sp³-hybridized carbons (Fsp3) is 0.333. The lowest BCUT2D eigenvalue weighted by molar-refractivity contribution is -0.126. The summed E-state index contributed by atoms with van der Waals surface area (Å²) >= 11 is 6.45. The topological polar surface area (TPSA) is 133 Å². The number of nitrogens with one attached hydrogen (secondary N) is 2. The van der Waals surface area contributed by atoms with E-state index in [1.165, 1.54) is 24.3 Å². The van der Waals surface area contributed by atoms with E-state index in [9.17, 15) is 29.4 Å². The number of carboxylic acid groups (broad SMARTS) is 2. The highest BCUT2D eigenvalue weighted by atomic mass is 79.9. The number of halogens is 2. The van der Waals surface area contributed by atoms with Gasteiger partial charge in [0.05, 0.1) is 22.5 Å². The van der Waals surface area contributed by atoms with Gasteiger partial charge in [0.1, 0.15) is 0 Å². The zero-order valence-electron chi connectivity index (χ0n) is 18.5. The fourth-order valence-electron chi connectivity index (χ4n) is 4.27. The van der Waals surface area contributed by atoms with E-state index < -0.39 is 11.9 Å². The molecule has 8 nitrogen and oxygen atoms in total. The van der Waals surface area contributed by atoms with Crippen LogP contribution in [0, 0.1) is 17.3 Å². The van der Waals surface area contributed by atoms with Crippen molar-refractivity contribution in [2.75, 3.05) is 10.6 Å². The Morgan fingerprint density at radius 3 is 1.53 bits per heavy atom. The van der Waals surface area contributed by atoms with Gasteiger partial charge in [0.2, 0.25) is 11.8 Å². The average Bonchev–Trinajstić information content (AvgIpc) is 2.75. The molecule has 10 heteroatoms. The number of benzene rings is 2. The van der Waals surface area contributed by atoms with Crippen LogP contribution in [-0.4, -0.2) is 34.0 Å². The smallest absolute Gasteiger partial charge is 0.337 e. The molecular weight excluding hydrogens is 572 g/mol. The molecule has 1 aliphatic rings. The van der Waals surface area contributed by atoms with E-state index in [1.54, 1.807) is 12.1 Å². The van der Waals surface area contributed by atoms with E-state index in [2.05, 4.69) is 42.5 Å². The van der Waals surface area contributed by atoms with Gasteiger partial charge >= 0.3 is 11.9 Å². The zero-order chi connectivity index (χ0) is 25.2. The molecule has 0 heterocycles. The highest BCUT2D eigenvalue weighted by molar-refractivity contribution is 9.10. The largest absolute Gasteiger partial charge is 0.478 e. The Morgan fingerprint density at radius 2 is 1.21 bits per heavy atom. The lowest BCUT2D eigenvalue weighted by Gasteiger charge is -2.52. The summed E-state index contributed by atoms with van der Waals surface area (Å²) in [4.78, 5) is 48.1. The number of anilines is 2. The summed E-state index contributed by atoms with van der Waals surface area (Å²) in [6, 6.07) is 9.26. The minimum Gasteiger partial charge on any atom is -0.478 e. The third kappa shape index (κ3) is 5.85. The van der Waals surface area contributed by atoms with Crippen LogP contribution in [-0.2, 0) is 9.59 Å². The molecule has 0 radical (unpaired) electrons. The van der Waals surface area contributed by atoms with Crippen molar-refractivity contribution in [2.45, 2.75) is 33.1 Å². The first-order chi connectivity index (χ1) is 15.9. The lowest BCUT2D eigenvalue weighted by atomic mass is 9.53. The van der Waals surface area contributed by atoms with Gasteiger partial charge in [-0.05, 0) is 60.1 Å². The summed E-state index contributed by atoms with van der Waals surface area (Å²) in [6.07, 6.45) is 1.07. The van der Waals surface area contributed by atoms with Crippen molar-refractivity contribution in [1.29, 1.82) is 0 Å². The normalized spacial score (nSPS) is 18.5. The Balaban J connectivity index is 1.58. The van der Waals surface area contributed by atoms with Gasteiger partial charge in [-0.2, -0.15) is 0 Å². The number of carboxylic acids is 2. The van der Waals surface area contributed by atoms with Crippen molar-refractivity contribution in [1.82, 2.24) is 0 Å². The molecule has 0 aliphatic heterocycles. The van der Waals surface area contributed by atoms with Gasteiger partial charge in [0, 0.05) is 21.8 Å². The molecule has 0 spiro atoms. The first-order valence-electron chi connectivity index (χ1n) is 10.5. The molecule has 0 saturated heterocycles. The molecule has 180 valence electrons. The number of aromatic carboxylic acids is 2. The standard InChI is InChI=1S/C24H24Br2N2O6/c1-24(2)12(8-20(29)27-18-5-3-14(25)10-16(18)22(31)32)7-13(24)9-21(30)28-19-6-4-15(26)11-17(19)23(33)34/h3-6,10-13H,7-9H2,1-2H3,(H,27,29)(H,28,30)(H,31,32)(H,33,34). The monoisotopic (exact) mass is 594 g/mol. The van der Waals surface area contributed by atoms with Gasteiger partial charge in [0.15, 0.2) is 0 Å². The highest BCUT2D eigenvalue weighted by Gasteiger charge is 2.49. The molecule has 2 aromatic carbocycles. The quantitative estimate of drug-likeness (QED) is 0.313. The molecule has 1 aliphatic carbocycles. The molecule has 2 aromatic rings. The van der Waals surface area contributed by atoms with E-state index in [-0.39, 0.29) is 64.4 Å². The highest BCUT2D eigenvalue weighted by Crippen LogP contribution is 2.54. The van der Waals surface area contributed by atoms with E-state index in [0.717, 1.165) is 0 Å². The minimum absolute atomic E-state index is 0.00110. The zero-order valence-corrected chi connectivity index (χ0v) is 21.7. The molecule has 1 saturated carbocycles. The molecule has 2 amide bonds. The van der Waals surface area contributed by atoms with Crippen molar-refractivity contribution < 1.29 is 29.4 Å². The van der Waals surface area contributed by atoms with Gasteiger partial charge in [0.25, 0.3) is 0 Å². The number of carbonyl (C=O) groups is 4. The van der Waals surface area contributed by atoms with Crippen LogP contribution >= 0.6 is 31.9 Å². The van der Waals surface area contributed by atoms with Crippen LogP contribution in [0.15, 0.2) is 45.3 Å². The predicted molar refractivity (Wildman–Crippen MR) is 134 cm³/mol. The summed E-state index contributed by atoms with van der Waals surface area (Å²) in [5, 5.41) is 24.1. The summed E-state index contributed by atoms with van der Waals surface area (Å²) in [5.41, 5.74) is 0.173. The molecule has 2 atom stereocenters. The van der Waals surface area contributed by atoms with Crippen molar-refractivity contribution in [3.05, 3.63) is 56.5 Å². The van der Waals surface area contributed by atoms with Crippen LogP contribution in [0.3, 0.4) is 0 Å². The number of carbonyl (C=O) groups excluding carboxylic acids is 2. The Labute approximate surface area is 213 Å². The Bertz CT molecular complexity index is 1080. The van der Waals surface area contributed by atoms with Crippen LogP contribution in [0.1, 0.15) is 53.8 Å². The molecule has 34 heavy (non-hydrogen) atoms. The average molecular weight is 596 g/mol. The van der Waals surface area contributed by atoms with Crippen molar-refractivity contribution >= 4 is 67.0 Å². The fourth-order valence-corrected chi connectivity index (χ4v) is 4.99. The third-order valence-electron chi connectivity index (χ3n) is 6.51. The second-order valence-electron chi connectivity index (χ2n) is 8.95. The number of amides is 2. The van der Waals surface area contributed by atoms with Crippen molar-refractivity contribution in [3.63, 3.8) is 0 Å². The van der Waals surface area contributed by atoms with Crippen LogP contribution in [0.5, 0.6) is 0 Å². The molecule has 1 fully saturated rings. The molecule has 4 N–H and O–H groups in total. The van der Waals surface area contributed by atoms with E-state index in [0.29, 0.717) is 15.4 Å². The number of rotatable bonds is 8. The second-order valence-corrected chi connectivity index (χ2v) is 10.8. The van der Waals surface area contributed by atoms with Gasteiger partial charge in [-0.25, -0.2) is 9.59 Å². The molecule has 2 unspecified atom stereocenters. The van der Waals surface area contributed by atoms with Gasteiger partial charge in [-0.15, -0.1) is 0 Å². The molecule has 0 bridgehead atoms.